The molecule has 1 spiro atoms. The van der Waals surface area contributed by atoms with E-state index >= 15 is 0 Å². The highest BCUT2D eigenvalue weighted by molar-refractivity contribution is 5.91. The third kappa shape index (κ3) is 7.11. The lowest BCUT2D eigenvalue weighted by atomic mass is 9.95. The van der Waals surface area contributed by atoms with Gasteiger partial charge in [-0.05, 0) is 116 Å². The standard InChI is InChI=1S/C46H53N7O5/c1-26(2)38(51-43(55)57-6)42(54)53-34-16-15-33(21-34)39(53)41-48-23-35(50-41)28-9-7-27(8-10-28)29-11-12-31-20-32(14-13-30(31)19-29)36-24-47-40(49-36)37-22-46(17-18-46)25-52(37)44(56)58-45(3,4)5/h7-14,19-20,23-24,26,33-34,37-39H,15-18,21-22,25H2,1-6H3,(H,47,49)(H,48,50)(H,51,55)/t33?,34?,37-,38-,39-/m0/s1. The van der Waals surface area contributed by atoms with E-state index in [0.29, 0.717) is 5.92 Å². The Morgan fingerprint density at radius 3 is 2.14 bits per heavy atom. The molecule has 12 heteroatoms. The number of alkyl carbamates (subject to hydrolysis) is 1. The van der Waals surface area contributed by atoms with Crippen LogP contribution in [0.25, 0.3) is 44.4 Å². The van der Waals surface area contributed by atoms with Crippen LogP contribution in [-0.4, -0.2) is 79.2 Å². The Morgan fingerprint density at radius 2 is 1.47 bits per heavy atom. The SMILES string of the molecule is COC(=O)N[C@H](C(=O)N1C2CCC(C2)[C@H]1c1ncc(-c2ccc(-c3ccc4cc(-c5cnc([C@@H]6CC7(CC7)CN6C(=O)OC(C)(C)C)[nH]5)ccc4c3)cc2)[nH]1)C(C)C. The molecule has 302 valence electrons. The largest absolute Gasteiger partial charge is 0.453 e. The molecule has 4 fully saturated rings. The number of ether oxygens (including phenoxy) is 2. The number of amides is 3. The first-order valence-corrected chi connectivity index (χ1v) is 20.7. The molecule has 2 aliphatic heterocycles. The van der Waals surface area contributed by atoms with Crippen molar-refractivity contribution < 1.29 is 23.9 Å². The van der Waals surface area contributed by atoms with E-state index in [1.54, 1.807) is 0 Å². The van der Waals surface area contributed by atoms with Gasteiger partial charge in [-0.25, -0.2) is 19.6 Å². The Morgan fingerprint density at radius 1 is 0.845 bits per heavy atom. The van der Waals surface area contributed by atoms with E-state index in [2.05, 4.69) is 75.9 Å². The first-order valence-electron chi connectivity index (χ1n) is 20.7. The summed E-state index contributed by atoms with van der Waals surface area (Å²) in [6, 6.07) is 20.6. The second-order valence-corrected chi connectivity index (χ2v) is 18.3. The van der Waals surface area contributed by atoms with Crippen molar-refractivity contribution in [3.63, 3.8) is 0 Å². The molecule has 2 saturated carbocycles. The number of hydrogen-bond donors (Lipinski definition) is 3. The van der Waals surface area contributed by atoms with Gasteiger partial charge in [-0.3, -0.25) is 9.69 Å². The number of nitrogens with zero attached hydrogens (tertiary/aromatic N) is 4. The summed E-state index contributed by atoms with van der Waals surface area (Å²) in [4.78, 5) is 59.8. The predicted octanol–water partition coefficient (Wildman–Crippen LogP) is 9.18. The second-order valence-electron chi connectivity index (χ2n) is 18.3. The maximum Gasteiger partial charge on any atom is 0.410 e. The minimum absolute atomic E-state index is 0.0827. The number of rotatable bonds is 8. The van der Waals surface area contributed by atoms with Crippen molar-refractivity contribution >= 4 is 28.9 Å². The van der Waals surface area contributed by atoms with E-state index in [4.69, 9.17) is 19.4 Å². The van der Waals surface area contributed by atoms with Gasteiger partial charge in [0.05, 0.1) is 43.0 Å². The third-order valence-electron chi connectivity index (χ3n) is 12.8. The van der Waals surface area contributed by atoms with Crippen molar-refractivity contribution in [3.05, 3.63) is 84.7 Å². The number of carbonyl (C=O) groups is 3. The van der Waals surface area contributed by atoms with E-state index in [-0.39, 0.29) is 41.5 Å². The molecule has 0 radical (unpaired) electrons. The maximum atomic E-state index is 13.9. The average Bonchev–Trinajstić information content (AvgIpc) is 3.83. The zero-order valence-electron chi connectivity index (χ0n) is 34.2. The molecular formula is C46H53N7O5. The third-order valence-corrected chi connectivity index (χ3v) is 12.8. The highest BCUT2D eigenvalue weighted by atomic mass is 16.6. The van der Waals surface area contributed by atoms with Crippen molar-refractivity contribution in [2.24, 2.45) is 17.3 Å². The molecule has 9 rings (SSSR count). The molecule has 4 aliphatic rings. The summed E-state index contributed by atoms with van der Waals surface area (Å²) in [5.74, 6) is 1.74. The lowest BCUT2D eigenvalue weighted by Gasteiger charge is -2.37. The van der Waals surface area contributed by atoms with E-state index in [1.165, 1.54) is 7.11 Å². The normalized spacial score (nSPS) is 22.5. The molecule has 58 heavy (non-hydrogen) atoms. The van der Waals surface area contributed by atoms with Gasteiger partial charge in [-0.2, -0.15) is 0 Å². The second kappa shape index (κ2) is 14.3. The van der Waals surface area contributed by atoms with E-state index < -0.39 is 17.7 Å². The number of aromatic nitrogens is 4. The summed E-state index contributed by atoms with van der Waals surface area (Å²) in [5, 5.41) is 5.03. The summed E-state index contributed by atoms with van der Waals surface area (Å²) in [7, 11) is 1.31. The van der Waals surface area contributed by atoms with E-state index in [0.717, 1.165) is 101 Å². The van der Waals surface area contributed by atoms with Crippen LogP contribution in [0.1, 0.15) is 96.9 Å². The van der Waals surface area contributed by atoms with Gasteiger partial charge in [-0.15, -0.1) is 0 Å². The van der Waals surface area contributed by atoms with Crippen LogP contribution >= 0.6 is 0 Å². The van der Waals surface area contributed by atoms with Crippen molar-refractivity contribution in [1.29, 1.82) is 0 Å². The van der Waals surface area contributed by atoms with Crippen molar-refractivity contribution in [1.82, 2.24) is 35.1 Å². The average molecular weight is 784 g/mol. The summed E-state index contributed by atoms with van der Waals surface area (Å²) >= 11 is 0. The smallest absolute Gasteiger partial charge is 0.410 e. The Labute approximate surface area is 339 Å². The zero-order valence-corrected chi connectivity index (χ0v) is 34.2. The number of likely N-dealkylation sites (tertiary alicyclic amines) is 2. The first kappa shape index (κ1) is 37.9. The number of benzene rings is 3. The van der Waals surface area contributed by atoms with Crippen LogP contribution in [0, 0.1) is 17.3 Å². The van der Waals surface area contributed by atoms with Crippen molar-refractivity contribution in [2.75, 3.05) is 13.7 Å². The molecule has 5 atom stereocenters. The number of carbonyl (C=O) groups excluding carboxylic acids is 3. The molecule has 4 heterocycles. The van der Waals surface area contributed by atoms with Crippen LogP contribution in [0.4, 0.5) is 9.59 Å². The maximum absolute atomic E-state index is 13.9. The number of imidazole rings is 2. The number of fused-ring (bicyclic) bond motifs is 3. The minimum atomic E-state index is -0.672. The molecule has 2 saturated heterocycles. The van der Waals surface area contributed by atoms with Gasteiger partial charge in [0.15, 0.2) is 0 Å². The molecule has 2 aromatic heterocycles. The number of piperidine rings is 1. The molecule has 3 aromatic carbocycles. The highest BCUT2D eigenvalue weighted by Gasteiger charge is 2.55. The number of H-pyrrole nitrogens is 2. The Balaban J connectivity index is 0.896. The fraction of sp³-hybridized carbons (Fsp3) is 0.457. The number of nitrogens with one attached hydrogen (secondary N) is 3. The van der Waals surface area contributed by atoms with Crippen LogP contribution in [-0.2, 0) is 14.3 Å². The van der Waals surface area contributed by atoms with E-state index in [1.807, 2.05) is 56.8 Å². The Kier molecular flexibility index (Phi) is 9.36. The molecule has 3 N–H and O–H groups in total. The Hall–Kier alpha value is -5.65. The fourth-order valence-corrected chi connectivity index (χ4v) is 9.59. The number of aromatic amines is 2. The fourth-order valence-electron chi connectivity index (χ4n) is 9.59. The predicted molar refractivity (Wildman–Crippen MR) is 221 cm³/mol. The summed E-state index contributed by atoms with van der Waals surface area (Å²) in [5.41, 5.74) is 5.75. The summed E-state index contributed by atoms with van der Waals surface area (Å²) < 4.78 is 10.6. The van der Waals surface area contributed by atoms with Crippen LogP contribution < -0.4 is 5.32 Å². The van der Waals surface area contributed by atoms with Crippen molar-refractivity contribution in [2.45, 2.75) is 103 Å². The van der Waals surface area contributed by atoms with Crippen LogP contribution in [0.5, 0.6) is 0 Å². The number of hydrogen-bond acceptors (Lipinski definition) is 7. The summed E-state index contributed by atoms with van der Waals surface area (Å²) in [6.45, 7) is 10.3. The molecule has 3 amide bonds. The first-order chi connectivity index (χ1) is 27.8. The van der Waals surface area contributed by atoms with Crippen molar-refractivity contribution in [3.8, 4) is 33.6 Å². The molecule has 5 aromatic rings. The highest BCUT2D eigenvalue weighted by Crippen LogP contribution is 2.58. The van der Waals surface area contributed by atoms with Gasteiger partial charge in [-0.1, -0.05) is 62.4 Å². The lowest BCUT2D eigenvalue weighted by Crippen LogP contribution is -2.54. The molecule has 12 nitrogen and oxygen atoms in total. The molecule has 2 bridgehead atoms. The topological polar surface area (TPSA) is 146 Å². The summed E-state index contributed by atoms with van der Waals surface area (Å²) in [6.07, 6.45) is 9.01. The zero-order chi connectivity index (χ0) is 40.5. The van der Waals surface area contributed by atoms with Gasteiger partial charge in [0.1, 0.15) is 23.3 Å². The van der Waals surface area contributed by atoms with Crippen LogP contribution in [0.2, 0.25) is 0 Å². The lowest BCUT2D eigenvalue weighted by molar-refractivity contribution is -0.139. The van der Waals surface area contributed by atoms with Crippen LogP contribution in [0.15, 0.2) is 73.1 Å². The quantitative estimate of drug-likeness (QED) is 0.142. The van der Waals surface area contributed by atoms with Gasteiger partial charge in [0.25, 0.3) is 0 Å². The molecular weight excluding hydrogens is 731 g/mol. The Bertz CT molecular complexity index is 2370. The van der Waals surface area contributed by atoms with Gasteiger partial charge in [0, 0.05) is 18.2 Å². The van der Waals surface area contributed by atoms with Crippen LogP contribution in [0.3, 0.4) is 0 Å². The monoisotopic (exact) mass is 783 g/mol. The van der Waals surface area contributed by atoms with Gasteiger partial charge in [0.2, 0.25) is 5.91 Å². The number of methoxy groups -OCH3 is 1. The van der Waals surface area contributed by atoms with Gasteiger partial charge < -0.3 is 29.7 Å². The van der Waals surface area contributed by atoms with Gasteiger partial charge >= 0.3 is 12.2 Å². The van der Waals surface area contributed by atoms with E-state index in [9.17, 15) is 14.4 Å². The minimum Gasteiger partial charge on any atom is -0.453 e. The molecule has 2 unspecified atom stereocenters. The molecule has 2 aliphatic carbocycles.